The first-order valence-corrected chi connectivity index (χ1v) is 11.7. The van der Waals surface area contributed by atoms with Crippen molar-refractivity contribution in [2.75, 3.05) is 26.2 Å². The lowest BCUT2D eigenvalue weighted by atomic mass is 9.82. The Bertz CT molecular complexity index is 911. The summed E-state index contributed by atoms with van der Waals surface area (Å²) in [6, 6.07) is 14.3. The normalized spacial score (nSPS) is 26.0. The molecule has 7 heteroatoms. The minimum absolute atomic E-state index is 0.0120. The number of rotatable bonds is 6. The van der Waals surface area contributed by atoms with E-state index in [0.717, 1.165) is 25.9 Å². The number of piperidine rings is 1. The Labute approximate surface area is 181 Å². The van der Waals surface area contributed by atoms with E-state index >= 15 is 0 Å². The number of carbonyl (C=O) groups excluding carboxylic acids is 1. The second-order valence-electron chi connectivity index (χ2n) is 8.88. The third kappa shape index (κ3) is 3.76. The minimum atomic E-state index is -0.183. The van der Waals surface area contributed by atoms with E-state index in [-0.39, 0.29) is 11.4 Å². The Morgan fingerprint density at radius 2 is 2.03 bits per heavy atom. The molecule has 3 fully saturated rings. The molecule has 1 N–H and O–H groups in total. The maximum absolute atomic E-state index is 12.5. The molecule has 2 aliphatic heterocycles. The van der Waals surface area contributed by atoms with Crippen LogP contribution in [-0.2, 0) is 0 Å². The Hall–Kier alpha value is -2.27. The van der Waals surface area contributed by atoms with Gasteiger partial charge in [0.25, 0.3) is 5.91 Å². The van der Waals surface area contributed by atoms with E-state index in [1.54, 1.807) is 10.9 Å². The molecule has 2 aromatic rings. The van der Waals surface area contributed by atoms with Crippen LogP contribution in [0.1, 0.15) is 47.7 Å². The lowest BCUT2D eigenvalue weighted by Crippen LogP contribution is -2.72. The van der Waals surface area contributed by atoms with Crippen molar-refractivity contribution in [3.8, 4) is 6.07 Å². The molecule has 0 spiro atoms. The summed E-state index contributed by atoms with van der Waals surface area (Å²) < 4.78 is 0. The van der Waals surface area contributed by atoms with Crippen LogP contribution in [0.15, 0.2) is 41.2 Å². The molecule has 6 nitrogen and oxygen atoms in total. The van der Waals surface area contributed by atoms with Crippen LogP contribution in [-0.4, -0.2) is 64.5 Å². The predicted molar refractivity (Wildman–Crippen MR) is 116 cm³/mol. The van der Waals surface area contributed by atoms with Crippen LogP contribution in [0.4, 0.5) is 0 Å². The number of thiazole rings is 1. The Morgan fingerprint density at radius 3 is 2.70 bits per heavy atom. The fourth-order valence-electron chi connectivity index (χ4n) is 5.13. The highest BCUT2D eigenvalue weighted by atomic mass is 32.1. The first kappa shape index (κ1) is 19.7. The lowest BCUT2D eigenvalue weighted by Gasteiger charge is -2.56. The van der Waals surface area contributed by atoms with Gasteiger partial charge in [-0.05, 0) is 24.8 Å². The van der Waals surface area contributed by atoms with Gasteiger partial charge in [-0.15, -0.1) is 11.3 Å². The van der Waals surface area contributed by atoms with Gasteiger partial charge >= 0.3 is 0 Å². The van der Waals surface area contributed by atoms with Crippen LogP contribution >= 0.6 is 11.3 Å². The summed E-state index contributed by atoms with van der Waals surface area (Å²) >= 11 is 1.44. The average Bonchev–Trinajstić information content (AvgIpc) is 3.29. The molecule has 2 saturated heterocycles. The van der Waals surface area contributed by atoms with Crippen LogP contribution in [0.25, 0.3) is 0 Å². The van der Waals surface area contributed by atoms with Crippen molar-refractivity contribution < 1.29 is 4.79 Å². The molecule has 0 bridgehead atoms. The average molecular weight is 422 g/mol. The number of nitriles is 1. The van der Waals surface area contributed by atoms with Crippen molar-refractivity contribution in [1.82, 2.24) is 20.1 Å². The Kier molecular flexibility index (Phi) is 5.32. The van der Waals surface area contributed by atoms with Crippen LogP contribution in [0.5, 0.6) is 0 Å². The molecule has 3 heterocycles. The SMILES string of the molecule is N#CCC1(N2CCC(N[C@@H]3C[C@H]3c3ccccc3)CC2)CN(C(=O)c2cscn2)C1. The number of carbonyl (C=O) groups is 1. The predicted octanol–water partition coefficient (Wildman–Crippen LogP) is 2.86. The number of nitrogens with one attached hydrogen (secondary N) is 1. The summed E-state index contributed by atoms with van der Waals surface area (Å²) in [6.45, 7) is 3.24. The maximum Gasteiger partial charge on any atom is 0.273 e. The molecule has 1 aliphatic carbocycles. The first-order chi connectivity index (χ1) is 14.7. The zero-order valence-corrected chi connectivity index (χ0v) is 17.9. The molecule has 156 valence electrons. The fourth-order valence-corrected chi connectivity index (χ4v) is 5.66. The molecule has 1 aromatic heterocycles. The van der Waals surface area contributed by atoms with Crippen molar-refractivity contribution in [2.45, 2.75) is 49.2 Å². The molecule has 5 rings (SSSR count). The van der Waals surface area contributed by atoms with Crippen LogP contribution < -0.4 is 5.32 Å². The smallest absolute Gasteiger partial charge is 0.273 e. The molecule has 1 aromatic carbocycles. The highest BCUT2D eigenvalue weighted by Crippen LogP contribution is 2.42. The molecule has 3 aliphatic rings. The zero-order valence-electron chi connectivity index (χ0n) is 17.0. The highest BCUT2D eigenvalue weighted by molar-refractivity contribution is 7.07. The van der Waals surface area contributed by atoms with E-state index in [4.69, 9.17) is 0 Å². The largest absolute Gasteiger partial charge is 0.333 e. The Balaban J connectivity index is 1.13. The van der Waals surface area contributed by atoms with Crippen molar-refractivity contribution in [2.24, 2.45) is 0 Å². The monoisotopic (exact) mass is 421 g/mol. The number of amides is 1. The minimum Gasteiger partial charge on any atom is -0.333 e. The van der Waals surface area contributed by atoms with Gasteiger partial charge in [0.05, 0.1) is 23.5 Å². The van der Waals surface area contributed by atoms with E-state index in [2.05, 4.69) is 51.6 Å². The van der Waals surface area contributed by atoms with Crippen LogP contribution in [0, 0.1) is 11.3 Å². The van der Waals surface area contributed by atoms with Crippen LogP contribution in [0.3, 0.4) is 0 Å². The van der Waals surface area contributed by atoms with Gasteiger partial charge in [0, 0.05) is 49.6 Å². The molecule has 30 heavy (non-hydrogen) atoms. The first-order valence-electron chi connectivity index (χ1n) is 10.8. The number of nitrogens with zero attached hydrogens (tertiary/aromatic N) is 4. The highest BCUT2D eigenvalue weighted by Gasteiger charge is 2.50. The maximum atomic E-state index is 12.5. The third-order valence-electron chi connectivity index (χ3n) is 6.95. The van der Waals surface area contributed by atoms with Gasteiger partial charge in [-0.3, -0.25) is 9.69 Å². The molecule has 0 unspecified atom stereocenters. The molecular weight excluding hydrogens is 394 g/mol. The van der Waals surface area contributed by atoms with Crippen molar-refractivity contribution >= 4 is 17.2 Å². The third-order valence-corrected chi connectivity index (χ3v) is 7.54. The summed E-state index contributed by atoms with van der Waals surface area (Å²) in [4.78, 5) is 21.0. The second kappa shape index (κ2) is 8.10. The number of hydrogen-bond acceptors (Lipinski definition) is 6. The second-order valence-corrected chi connectivity index (χ2v) is 9.60. The summed E-state index contributed by atoms with van der Waals surface area (Å²) in [7, 11) is 0. The van der Waals surface area contributed by atoms with Gasteiger partial charge in [-0.25, -0.2) is 4.98 Å². The summed E-state index contributed by atoms with van der Waals surface area (Å²) in [5, 5.41) is 15.1. The van der Waals surface area contributed by atoms with Crippen LogP contribution in [0.2, 0.25) is 0 Å². The quantitative estimate of drug-likeness (QED) is 0.777. The standard InChI is InChI=1S/C23H27N5OS/c24-9-8-23(14-27(15-23)22(29)21-13-30-16-25-21)28-10-6-18(7-11-28)26-20-12-19(20)17-4-2-1-3-5-17/h1-5,13,16,18-20,26H,6-8,10-12,14-15H2/t19-,20+/m0/s1. The van der Waals surface area contributed by atoms with E-state index in [1.807, 2.05) is 4.90 Å². The fraction of sp³-hybridized carbons (Fsp3) is 0.522. The van der Waals surface area contributed by atoms with E-state index < -0.39 is 0 Å². The van der Waals surface area contributed by atoms with Gasteiger partial charge in [0.1, 0.15) is 5.69 Å². The van der Waals surface area contributed by atoms with Crippen molar-refractivity contribution in [1.29, 1.82) is 5.26 Å². The molecule has 1 saturated carbocycles. The lowest BCUT2D eigenvalue weighted by molar-refractivity contribution is -0.0499. The van der Waals surface area contributed by atoms with Gasteiger partial charge in [0.2, 0.25) is 0 Å². The van der Waals surface area contributed by atoms with Crippen molar-refractivity contribution in [3.63, 3.8) is 0 Å². The molecule has 0 radical (unpaired) electrons. The molecule has 2 atom stereocenters. The summed E-state index contributed by atoms with van der Waals surface area (Å²) in [6.07, 6.45) is 3.91. The van der Waals surface area contributed by atoms with Gasteiger partial charge in [-0.1, -0.05) is 30.3 Å². The van der Waals surface area contributed by atoms with Gasteiger partial charge in [0.15, 0.2) is 0 Å². The molecular formula is C23H27N5OS. The number of likely N-dealkylation sites (tertiary alicyclic amines) is 2. The van der Waals surface area contributed by atoms with E-state index in [1.165, 1.54) is 23.3 Å². The number of aromatic nitrogens is 1. The summed E-state index contributed by atoms with van der Waals surface area (Å²) in [5.41, 5.74) is 3.47. The number of benzene rings is 1. The van der Waals surface area contributed by atoms with Crippen molar-refractivity contribution in [3.05, 3.63) is 52.5 Å². The Morgan fingerprint density at radius 1 is 1.27 bits per heavy atom. The topological polar surface area (TPSA) is 72.3 Å². The van der Waals surface area contributed by atoms with E-state index in [9.17, 15) is 10.1 Å². The van der Waals surface area contributed by atoms with E-state index in [0.29, 0.717) is 43.2 Å². The zero-order chi connectivity index (χ0) is 20.6. The number of hydrogen-bond donors (Lipinski definition) is 1. The van der Waals surface area contributed by atoms with Gasteiger partial charge < -0.3 is 10.2 Å². The van der Waals surface area contributed by atoms with Gasteiger partial charge in [-0.2, -0.15) is 5.26 Å². The summed E-state index contributed by atoms with van der Waals surface area (Å²) in [5.74, 6) is 0.646. The molecule has 1 amide bonds.